The number of hydrogen-bond donors (Lipinski definition) is 2. The van der Waals surface area contributed by atoms with E-state index in [4.69, 9.17) is 0 Å². The average Bonchev–Trinajstić information content (AvgIpc) is 2.79. The van der Waals surface area contributed by atoms with Crippen LogP contribution in [0.5, 0.6) is 0 Å². The molecule has 3 rings (SSSR count). The largest absolute Gasteiger partial charge is 0.390 e. The van der Waals surface area contributed by atoms with E-state index in [1.807, 2.05) is 0 Å². The van der Waals surface area contributed by atoms with E-state index in [2.05, 4.69) is 17.5 Å². The minimum absolute atomic E-state index is 0.353. The Balaban J connectivity index is 1.62. The second kappa shape index (κ2) is 3.60. The first-order valence-electron chi connectivity index (χ1n) is 6.37. The van der Waals surface area contributed by atoms with Gasteiger partial charge in [0.15, 0.2) is 0 Å². The standard InChI is InChI=1S/C13H21NO/c15-13(3-5-14-6-4-13)9-12-8-10-1-2-11(12)7-10/h1-2,10-12,14-15H,3-9H2. The normalized spacial score (nSPS) is 42.3. The molecule has 1 saturated carbocycles. The first kappa shape index (κ1) is 9.86. The van der Waals surface area contributed by atoms with Crippen molar-refractivity contribution in [2.24, 2.45) is 17.8 Å². The summed E-state index contributed by atoms with van der Waals surface area (Å²) in [7, 11) is 0. The smallest absolute Gasteiger partial charge is 0.0674 e. The molecule has 2 nitrogen and oxygen atoms in total. The summed E-state index contributed by atoms with van der Waals surface area (Å²) >= 11 is 0. The molecule has 0 radical (unpaired) electrons. The fourth-order valence-electron chi connectivity index (χ4n) is 3.71. The summed E-state index contributed by atoms with van der Waals surface area (Å²) in [5, 5.41) is 13.8. The van der Waals surface area contributed by atoms with Crippen LogP contribution in [0.2, 0.25) is 0 Å². The Hall–Kier alpha value is -0.340. The van der Waals surface area contributed by atoms with Gasteiger partial charge in [-0.25, -0.2) is 0 Å². The van der Waals surface area contributed by atoms with Gasteiger partial charge in [0.2, 0.25) is 0 Å². The van der Waals surface area contributed by atoms with Crippen LogP contribution < -0.4 is 5.32 Å². The van der Waals surface area contributed by atoms with Crippen molar-refractivity contribution in [1.82, 2.24) is 5.32 Å². The summed E-state index contributed by atoms with van der Waals surface area (Å²) in [6.45, 7) is 1.99. The highest BCUT2D eigenvalue weighted by Gasteiger charge is 2.40. The number of hydrogen-bond acceptors (Lipinski definition) is 2. The molecule has 2 N–H and O–H groups in total. The number of aliphatic hydroxyl groups is 1. The summed E-state index contributed by atoms with van der Waals surface area (Å²) in [5.41, 5.74) is -0.353. The van der Waals surface area contributed by atoms with E-state index in [1.165, 1.54) is 12.8 Å². The maximum Gasteiger partial charge on any atom is 0.0674 e. The van der Waals surface area contributed by atoms with Gasteiger partial charge in [0.25, 0.3) is 0 Å². The fraction of sp³-hybridized carbons (Fsp3) is 0.846. The highest BCUT2D eigenvalue weighted by molar-refractivity contribution is 5.11. The molecule has 1 saturated heterocycles. The van der Waals surface area contributed by atoms with Crippen LogP contribution in [0.4, 0.5) is 0 Å². The van der Waals surface area contributed by atoms with Gasteiger partial charge < -0.3 is 10.4 Å². The van der Waals surface area contributed by atoms with E-state index in [0.29, 0.717) is 0 Å². The number of piperidine rings is 1. The van der Waals surface area contributed by atoms with Gasteiger partial charge in [0.1, 0.15) is 0 Å². The molecule has 3 unspecified atom stereocenters. The van der Waals surface area contributed by atoms with Crippen LogP contribution in [0.25, 0.3) is 0 Å². The lowest BCUT2D eigenvalue weighted by Gasteiger charge is -2.36. The zero-order chi connectivity index (χ0) is 10.3. The molecule has 3 aliphatic rings. The lowest BCUT2D eigenvalue weighted by atomic mass is 9.78. The summed E-state index contributed by atoms with van der Waals surface area (Å²) < 4.78 is 0. The van der Waals surface area contributed by atoms with E-state index in [1.54, 1.807) is 0 Å². The maximum absolute atomic E-state index is 10.5. The number of fused-ring (bicyclic) bond motifs is 2. The Morgan fingerprint density at radius 2 is 2.00 bits per heavy atom. The predicted molar refractivity (Wildman–Crippen MR) is 60.5 cm³/mol. The van der Waals surface area contributed by atoms with E-state index in [0.717, 1.165) is 50.1 Å². The van der Waals surface area contributed by atoms with Crippen molar-refractivity contribution in [2.75, 3.05) is 13.1 Å². The number of allylic oxidation sites excluding steroid dienone is 2. The zero-order valence-electron chi connectivity index (χ0n) is 9.28. The number of nitrogens with one attached hydrogen (secondary N) is 1. The van der Waals surface area contributed by atoms with Crippen molar-refractivity contribution < 1.29 is 5.11 Å². The quantitative estimate of drug-likeness (QED) is 0.676. The monoisotopic (exact) mass is 207 g/mol. The van der Waals surface area contributed by atoms with E-state index in [9.17, 15) is 5.11 Å². The predicted octanol–water partition coefficient (Wildman–Crippen LogP) is 1.70. The molecule has 0 aromatic rings. The van der Waals surface area contributed by atoms with Gasteiger partial charge >= 0.3 is 0 Å². The van der Waals surface area contributed by atoms with Crippen LogP contribution in [0.1, 0.15) is 32.1 Å². The van der Waals surface area contributed by atoms with Gasteiger partial charge in [0, 0.05) is 0 Å². The van der Waals surface area contributed by atoms with Crippen molar-refractivity contribution in [2.45, 2.75) is 37.7 Å². The van der Waals surface area contributed by atoms with Gasteiger partial charge in [0.05, 0.1) is 5.60 Å². The highest BCUT2D eigenvalue weighted by Crippen LogP contribution is 2.47. The van der Waals surface area contributed by atoms with Crippen LogP contribution in [-0.4, -0.2) is 23.8 Å². The van der Waals surface area contributed by atoms with Crippen LogP contribution in [0, 0.1) is 17.8 Å². The Morgan fingerprint density at radius 3 is 2.60 bits per heavy atom. The third kappa shape index (κ3) is 1.85. The Morgan fingerprint density at radius 1 is 1.20 bits per heavy atom. The topological polar surface area (TPSA) is 32.3 Å². The van der Waals surface area contributed by atoms with Gasteiger partial charge in [-0.1, -0.05) is 12.2 Å². The molecule has 2 heteroatoms. The van der Waals surface area contributed by atoms with Crippen LogP contribution in [0.15, 0.2) is 12.2 Å². The van der Waals surface area contributed by atoms with E-state index in [-0.39, 0.29) is 5.60 Å². The lowest BCUT2D eigenvalue weighted by molar-refractivity contribution is -0.0147. The molecule has 1 aliphatic heterocycles. The average molecular weight is 207 g/mol. The SMILES string of the molecule is OC1(CC2CC3C=CC2C3)CCNCC1. The first-order valence-corrected chi connectivity index (χ1v) is 6.37. The van der Waals surface area contributed by atoms with E-state index < -0.39 is 0 Å². The molecule has 2 bridgehead atoms. The molecule has 0 aromatic carbocycles. The molecular formula is C13H21NO. The third-order valence-electron chi connectivity index (χ3n) is 4.59. The zero-order valence-corrected chi connectivity index (χ0v) is 9.28. The highest BCUT2D eigenvalue weighted by atomic mass is 16.3. The number of rotatable bonds is 2. The van der Waals surface area contributed by atoms with Crippen molar-refractivity contribution in [3.05, 3.63) is 12.2 Å². The van der Waals surface area contributed by atoms with Crippen LogP contribution >= 0.6 is 0 Å². The van der Waals surface area contributed by atoms with Gasteiger partial charge in [-0.15, -0.1) is 0 Å². The Labute approximate surface area is 91.8 Å². The minimum atomic E-state index is -0.353. The summed E-state index contributed by atoms with van der Waals surface area (Å²) in [5.74, 6) is 2.39. The van der Waals surface area contributed by atoms with Gasteiger partial charge in [-0.3, -0.25) is 0 Å². The van der Waals surface area contributed by atoms with Gasteiger partial charge in [-0.2, -0.15) is 0 Å². The van der Waals surface area contributed by atoms with Crippen molar-refractivity contribution in [3.63, 3.8) is 0 Å². The molecule has 0 amide bonds. The maximum atomic E-state index is 10.5. The molecule has 15 heavy (non-hydrogen) atoms. The second-order valence-electron chi connectivity index (χ2n) is 5.72. The van der Waals surface area contributed by atoms with Crippen molar-refractivity contribution in [3.8, 4) is 0 Å². The molecule has 0 aromatic heterocycles. The molecular weight excluding hydrogens is 186 g/mol. The summed E-state index contributed by atoms with van der Waals surface area (Å²) in [6.07, 6.45) is 10.4. The second-order valence-corrected chi connectivity index (χ2v) is 5.72. The minimum Gasteiger partial charge on any atom is -0.390 e. The van der Waals surface area contributed by atoms with Crippen LogP contribution in [-0.2, 0) is 0 Å². The summed E-state index contributed by atoms with van der Waals surface area (Å²) in [4.78, 5) is 0. The van der Waals surface area contributed by atoms with Crippen LogP contribution in [0.3, 0.4) is 0 Å². The molecule has 3 atom stereocenters. The first-order chi connectivity index (χ1) is 7.25. The lowest BCUT2D eigenvalue weighted by Crippen LogP contribution is -2.43. The van der Waals surface area contributed by atoms with E-state index >= 15 is 0 Å². The molecule has 2 aliphatic carbocycles. The Bertz CT molecular complexity index is 268. The van der Waals surface area contributed by atoms with Crippen molar-refractivity contribution in [1.29, 1.82) is 0 Å². The molecule has 0 spiro atoms. The molecule has 84 valence electrons. The summed E-state index contributed by atoms with van der Waals surface area (Å²) in [6, 6.07) is 0. The third-order valence-corrected chi connectivity index (χ3v) is 4.59. The molecule has 2 fully saturated rings. The van der Waals surface area contributed by atoms with Crippen molar-refractivity contribution >= 4 is 0 Å². The fourth-order valence-corrected chi connectivity index (χ4v) is 3.71. The molecule has 1 heterocycles. The Kier molecular flexibility index (Phi) is 2.37. The van der Waals surface area contributed by atoms with Gasteiger partial charge in [-0.05, 0) is 62.9 Å².